The number of anilines is 2. The molecule has 0 aliphatic rings. The van der Waals surface area contributed by atoms with Crippen LogP contribution in [0.5, 0.6) is 0 Å². The highest BCUT2D eigenvalue weighted by atomic mass is 35.5. The summed E-state index contributed by atoms with van der Waals surface area (Å²) in [5.41, 5.74) is 16.9. The molecule has 2 nitrogen and oxygen atoms in total. The van der Waals surface area contributed by atoms with E-state index in [1.165, 1.54) is 62.5 Å². The Bertz CT molecular complexity index is 354. The van der Waals surface area contributed by atoms with Crippen LogP contribution in [0.4, 0.5) is 11.4 Å². The second-order valence-corrected chi connectivity index (χ2v) is 5.82. The summed E-state index contributed by atoms with van der Waals surface area (Å²) in [4.78, 5) is 0. The van der Waals surface area contributed by atoms with Crippen LogP contribution >= 0.6 is 12.4 Å². The summed E-state index contributed by atoms with van der Waals surface area (Å²) in [6.45, 7) is 4.49. The predicted molar refractivity (Wildman–Crippen MR) is 98.2 cm³/mol. The highest BCUT2D eigenvalue weighted by Gasteiger charge is 2.10. The highest BCUT2D eigenvalue weighted by Crippen LogP contribution is 2.27. The number of hydrogen-bond donors (Lipinski definition) is 2. The second kappa shape index (κ2) is 11.7. The minimum Gasteiger partial charge on any atom is -0.398 e. The van der Waals surface area contributed by atoms with Gasteiger partial charge in [-0.2, -0.15) is 0 Å². The van der Waals surface area contributed by atoms with Crippen LogP contribution in [-0.2, 0) is 12.8 Å². The summed E-state index contributed by atoms with van der Waals surface area (Å²) >= 11 is 0. The van der Waals surface area contributed by atoms with Crippen molar-refractivity contribution in [2.75, 3.05) is 11.5 Å². The van der Waals surface area contributed by atoms with Crippen LogP contribution in [0, 0.1) is 0 Å². The molecule has 0 saturated carbocycles. The molecular formula is C18H33ClN2. The summed E-state index contributed by atoms with van der Waals surface area (Å²) in [5.74, 6) is 0. The van der Waals surface area contributed by atoms with Gasteiger partial charge in [0.2, 0.25) is 0 Å². The molecule has 1 aromatic rings. The van der Waals surface area contributed by atoms with Crippen molar-refractivity contribution in [2.45, 2.75) is 78.1 Å². The molecule has 0 fully saturated rings. The summed E-state index contributed by atoms with van der Waals surface area (Å²) in [6, 6.07) is 3.94. The summed E-state index contributed by atoms with van der Waals surface area (Å²) in [7, 11) is 0. The van der Waals surface area contributed by atoms with Gasteiger partial charge in [-0.1, -0.05) is 52.4 Å². The van der Waals surface area contributed by atoms with Gasteiger partial charge < -0.3 is 11.5 Å². The maximum absolute atomic E-state index is 6.18. The summed E-state index contributed by atoms with van der Waals surface area (Å²) in [6.07, 6.45) is 12.4. The van der Waals surface area contributed by atoms with Crippen LogP contribution in [-0.4, -0.2) is 0 Å². The third kappa shape index (κ3) is 7.08. The molecule has 0 saturated heterocycles. The molecule has 4 N–H and O–H groups in total. The Balaban J connectivity index is 0.00000400. The number of unbranched alkanes of at least 4 members (excludes halogenated alkanes) is 6. The van der Waals surface area contributed by atoms with Crippen molar-refractivity contribution >= 4 is 23.8 Å². The number of rotatable bonds is 10. The van der Waals surface area contributed by atoms with Gasteiger partial charge in [0.1, 0.15) is 0 Å². The van der Waals surface area contributed by atoms with Crippen molar-refractivity contribution in [3.63, 3.8) is 0 Å². The van der Waals surface area contributed by atoms with Crippen molar-refractivity contribution in [3.05, 3.63) is 23.3 Å². The lowest BCUT2D eigenvalue weighted by molar-refractivity contribution is 0.652. The van der Waals surface area contributed by atoms with E-state index in [1.54, 1.807) is 0 Å². The minimum atomic E-state index is 0. The normalized spacial score (nSPS) is 10.4. The van der Waals surface area contributed by atoms with Gasteiger partial charge in [0, 0.05) is 11.4 Å². The summed E-state index contributed by atoms with van der Waals surface area (Å²) in [5, 5.41) is 0. The highest BCUT2D eigenvalue weighted by molar-refractivity contribution is 5.85. The lowest BCUT2D eigenvalue weighted by atomic mass is 9.94. The van der Waals surface area contributed by atoms with Gasteiger partial charge in [0.05, 0.1) is 0 Å². The van der Waals surface area contributed by atoms with Gasteiger partial charge >= 0.3 is 0 Å². The van der Waals surface area contributed by atoms with Crippen molar-refractivity contribution in [2.24, 2.45) is 0 Å². The first-order valence-corrected chi connectivity index (χ1v) is 8.36. The predicted octanol–water partition coefficient (Wildman–Crippen LogP) is 5.52. The Kier molecular flexibility index (Phi) is 11.2. The van der Waals surface area contributed by atoms with Crippen LogP contribution in [0.25, 0.3) is 0 Å². The molecule has 0 aliphatic heterocycles. The van der Waals surface area contributed by atoms with Crippen molar-refractivity contribution in [1.82, 2.24) is 0 Å². The fourth-order valence-electron chi connectivity index (χ4n) is 2.78. The van der Waals surface area contributed by atoms with Crippen LogP contribution in [0.2, 0.25) is 0 Å². The van der Waals surface area contributed by atoms with E-state index in [2.05, 4.69) is 13.8 Å². The molecule has 0 bridgehead atoms. The van der Waals surface area contributed by atoms with E-state index < -0.39 is 0 Å². The largest absolute Gasteiger partial charge is 0.398 e. The molecular weight excluding hydrogens is 280 g/mol. The zero-order valence-corrected chi connectivity index (χ0v) is 14.6. The van der Waals surface area contributed by atoms with E-state index >= 15 is 0 Å². The maximum Gasteiger partial charge on any atom is 0.0350 e. The molecule has 0 radical (unpaired) electrons. The number of hydrogen-bond acceptors (Lipinski definition) is 2. The van der Waals surface area contributed by atoms with Gasteiger partial charge in [-0.15, -0.1) is 12.4 Å². The lowest BCUT2D eigenvalue weighted by Crippen LogP contribution is -2.05. The fraction of sp³-hybridized carbons (Fsp3) is 0.667. The molecule has 1 aromatic carbocycles. The maximum atomic E-state index is 6.18. The molecule has 0 unspecified atom stereocenters. The first-order chi connectivity index (χ1) is 9.70. The smallest absolute Gasteiger partial charge is 0.0350 e. The number of halogens is 1. The number of nitrogen functional groups attached to an aromatic ring is 2. The van der Waals surface area contributed by atoms with Crippen molar-refractivity contribution in [1.29, 1.82) is 0 Å². The van der Waals surface area contributed by atoms with Gasteiger partial charge in [-0.3, -0.25) is 0 Å². The van der Waals surface area contributed by atoms with E-state index in [1.807, 2.05) is 12.1 Å². The zero-order chi connectivity index (χ0) is 14.8. The monoisotopic (exact) mass is 312 g/mol. The molecule has 0 heterocycles. The Morgan fingerprint density at radius 3 is 1.38 bits per heavy atom. The lowest BCUT2D eigenvalue weighted by Gasteiger charge is -2.15. The standard InChI is InChI=1S/C18H32N2.ClH/c1-3-5-7-9-11-15-16(12-10-8-6-4-2)18(20)14-13-17(15)19;/h13-14H,3-12,19-20H2,1-2H3;1H. The van der Waals surface area contributed by atoms with E-state index in [9.17, 15) is 0 Å². The van der Waals surface area contributed by atoms with Crippen LogP contribution in [0.1, 0.15) is 76.3 Å². The van der Waals surface area contributed by atoms with E-state index in [0.29, 0.717) is 0 Å². The molecule has 0 atom stereocenters. The average molecular weight is 313 g/mol. The average Bonchev–Trinajstić information content (AvgIpc) is 2.45. The van der Waals surface area contributed by atoms with E-state index in [-0.39, 0.29) is 12.4 Å². The van der Waals surface area contributed by atoms with E-state index in [0.717, 1.165) is 24.2 Å². The molecule has 0 amide bonds. The molecule has 1 rings (SSSR count). The molecule has 0 aromatic heterocycles. The van der Waals surface area contributed by atoms with Crippen molar-refractivity contribution in [3.8, 4) is 0 Å². The van der Waals surface area contributed by atoms with Gasteiger partial charge in [0.25, 0.3) is 0 Å². The van der Waals surface area contributed by atoms with Gasteiger partial charge in [-0.05, 0) is 48.9 Å². The molecule has 3 heteroatoms. The Labute approximate surface area is 137 Å². The van der Waals surface area contributed by atoms with Crippen LogP contribution in [0.15, 0.2) is 12.1 Å². The van der Waals surface area contributed by atoms with E-state index in [4.69, 9.17) is 11.5 Å². The quantitative estimate of drug-likeness (QED) is 0.441. The second-order valence-electron chi connectivity index (χ2n) is 5.82. The Hall–Kier alpha value is -0.890. The van der Waals surface area contributed by atoms with Crippen LogP contribution < -0.4 is 11.5 Å². The fourth-order valence-corrected chi connectivity index (χ4v) is 2.78. The molecule has 0 aliphatic carbocycles. The van der Waals surface area contributed by atoms with Crippen molar-refractivity contribution < 1.29 is 0 Å². The first kappa shape index (κ1) is 20.1. The number of benzene rings is 1. The zero-order valence-electron chi connectivity index (χ0n) is 13.8. The minimum absolute atomic E-state index is 0. The topological polar surface area (TPSA) is 52.0 Å². The molecule has 122 valence electrons. The van der Waals surface area contributed by atoms with Gasteiger partial charge in [-0.25, -0.2) is 0 Å². The number of nitrogens with two attached hydrogens (primary N) is 2. The third-order valence-corrected chi connectivity index (χ3v) is 4.06. The third-order valence-electron chi connectivity index (χ3n) is 4.06. The Morgan fingerprint density at radius 1 is 0.667 bits per heavy atom. The Morgan fingerprint density at radius 2 is 1.05 bits per heavy atom. The molecule has 0 spiro atoms. The molecule has 21 heavy (non-hydrogen) atoms. The van der Waals surface area contributed by atoms with Gasteiger partial charge in [0.15, 0.2) is 0 Å². The first-order valence-electron chi connectivity index (χ1n) is 8.36. The summed E-state index contributed by atoms with van der Waals surface area (Å²) < 4.78 is 0. The SMILES string of the molecule is CCCCCCc1c(N)ccc(N)c1CCCCCC.Cl. The van der Waals surface area contributed by atoms with Crippen LogP contribution in [0.3, 0.4) is 0 Å².